The molecule has 0 unspecified atom stereocenters. The lowest BCUT2D eigenvalue weighted by molar-refractivity contribution is -0.0146. The van der Waals surface area contributed by atoms with Gasteiger partial charge in [0.05, 0.1) is 11.9 Å². The van der Waals surface area contributed by atoms with Crippen LogP contribution >= 0.6 is 0 Å². The van der Waals surface area contributed by atoms with E-state index in [0.717, 1.165) is 11.3 Å². The van der Waals surface area contributed by atoms with Crippen LogP contribution in [0.1, 0.15) is 5.56 Å². The van der Waals surface area contributed by atoms with Crippen molar-refractivity contribution in [2.45, 2.75) is 5.60 Å². The fourth-order valence-corrected chi connectivity index (χ4v) is 1.85. The maximum Gasteiger partial charge on any atom is 0.117 e. The van der Waals surface area contributed by atoms with E-state index >= 15 is 0 Å². The molecular formula is C12H13N3O. The summed E-state index contributed by atoms with van der Waals surface area (Å²) in [6.07, 6.45) is 3.62. The van der Waals surface area contributed by atoms with Crippen LogP contribution in [0.15, 0.2) is 42.7 Å². The largest absolute Gasteiger partial charge is 0.382 e. The van der Waals surface area contributed by atoms with Gasteiger partial charge in [0.2, 0.25) is 0 Å². The molecule has 1 saturated heterocycles. The highest BCUT2D eigenvalue weighted by Crippen LogP contribution is 2.25. The minimum Gasteiger partial charge on any atom is -0.382 e. The Morgan fingerprint density at radius 1 is 1.25 bits per heavy atom. The summed E-state index contributed by atoms with van der Waals surface area (Å²) in [6, 6.07) is 9.88. The van der Waals surface area contributed by atoms with Crippen molar-refractivity contribution < 1.29 is 5.11 Å². The van der Waals surface area contributed by atoms with Crippen LogP contribution in [-0.2, 0) is 5.60 Å². The molecule has 0 atom stereocenters. The molecule has 1 aromatic carbocycles. The predicted octanol–water partition coefficient (Wildman–Crippen LogP) is 0.663. The molecule has 0 spiro atoms. The second-order valence-corrected chi connectivity index (χ2v) is 4.14. The Morgan fingerprint density at radius 3 is 2.62 bits per heavy atom. The van der Waals surface area contributed by atoms with E-state index in [2.05, 4.69) is 10.4 Å². The van der Waals surface area contributed by atoms with Crippen molar-refractivity contribution in [2.75, 3.05) is 13.1 Å². The summed E-state index contributed by atoms with van der Waals surface area (Å²) in [7, 11) is 0. The van der Waals surface area contributed by atoms with Crippen LogP contribution in [0.4, 0.5) is 0 Å². The quantitative estimate of drug-likeness (QED) is 0.774. The normalized spacial score (nSPS) is 18.1. The van der Waals surface area contributed by atoms with Crippen molar-refractivity contribution in [1.29, 1.82) is 0 Å². The molecule has 1 aliphatic heterocycles. The summed E-state index contributed by atoms with van der Waals surface area (Å²) in [5.74, 6) is 0. The summed E-state index contributed by atoms with van der Waals surface area (Å²) in [6.45, 7) is 1.21. The van der Waals surface area contributed by atoms with Gasteiger partial charge in [-0.05, 0) is 12.1 Å². The van der Waals surface area contributed by atoms with Gasteiger partial charge < -0.3 is 10.4 Å². The number of nitrogens with zero attached hydrogens (tertiary/aromatic N) is 2. The lowest BCUT2D eigenvalue weighted by atomic mass is 9.91. The highest BCUT2D eigenvalue weighted by atomic mass is 16.3. The van der Waals surface area contributed by atoms with E-state index in [-0.39, 0.29) is 0 Å². The molecule has 82 valence electrons. The molecule has 0 aliphatic carbocycles. The number of para-hydroxylation sites is 1. The van der Waals surface area contributed by atoms with E-state index in [4.69, 9.17) is 0 Å². The van der Waals surface area contributed by atoms with Crippen LogP contribution in [0, 0.1) is 0 Å². The number of β-amino-alcohol motifs (C(OH)–C–C–N with tert-alkyl or cyclic N) is 1. The molecule has 2 aromatic rings. The number of nitrogens with one attached hydrogen (secondary N) is 1. The summed E-state index contributed by atoms with van der Waals surface area (Å²) in [5, 5.41) is 17.5. The lowest BCUT2D eigenvalue weighted by Crippen LogP contribution is -2.56. The highest BCUT2D eigenvalue weighted by Gasteiger charge is 2.37. The van der Waals surface area contributed by atoms with E-state index < -0.39 is 5.60 Å². The molecule has 1 fully saturated rings. The Labute approximate surface area is 93.5 Å². The molecule has 1 aromatic heterocycles. The molecule has 0 bridgehead atoms. The first-order valence-electron chi connectivity index (χ1n) is 5.32. The Hall–Kier alpha value is -1.65. The second-order valence-electron chi connectivity index (χ2n) is 4.14. The molecule has 2 heterocycles. The smallest absolute Gasteiger partial charge is 0.117 e. The van der Waals surface area contributed by atoms with Crippen LogP contribution in [-0.4, -0.2) is 28.0 Å². The number of hydrogen-bond donors (Lipinski definition) is 2. The Kier molecular flexibility index (Phi) is 2.05. The zero-order valence-corrected chi connectivity index (χ0v) is 8.80. The van der Waals surface area contributed by atoms with Crippen molar-refractivity contribution >= 4 is 0 Å². The van der Waals surface area contributed by atoms with Crippen molar-refractivity contribution in [2.24, 2.45) is 0 Å². The van der Waals surface area contributed by atoms with Crippen LogP contribution in [0.2, 0.25) is 0 Å². The summed E-state index contributed by atoms with van der Waals surface area (Å²) in [5.41, 5.74) is 1.15. The molecule has 0 radical (unpaired) electrons. The number of benzene rings is 1. The van der Waals surface area contributed by atoms with Crippen LogP contribution in [0.3, 0.4) is 0 Å². The van der Waals surface area contributed by atoms with E-state index in [0.29, 0.717) is 13.1 Å². The second kappa shape index (κ2) is 3.43. The average molecular weight is 215 g/mol. The highest BCUT2D eigenvalue weighted by molar-refractivity contribution is 5.32. The number of aliphatic hydroxyl groups is 1. The number of rotatable bonds is 2. The minimum absolute atomic E-state index is 0.605. The number of hydrogen-bond acceptors (Lipinski definition) is 3. The lowest BCUT2D eigenvalue weighted by Gasteiger charge is -2.36. The van der Waals surface area contributed by atoms with Gasteiger partial charge >= 0.3 is 0 Å². The molecule has 3 rings (SSSR count). The van der Waals surface area contributed by atoms with Crippen LogP contribution < -0.4 is 5.32 Å². The first-order chi connectivity index (χ1) is 7.78. The van der Waals surface area contributed by atoms with Crippen molar-refractivity contribution in [3.05, 3.63) is 48.3 Å². The van der Waals surface area contributed by atoms with Gasteiger partial charge in [0.1, 0.15) is 5.60 Å². The molecule has 0 saturated carbocycles. The third-order valence-electron chi connectivity index (χ3n) is 2.98. The molecule has 16 heavy (non-hydrogen) atoms. The summed E-state index contributed by atoms with van der Waals surface area (Å²) in [4.78, 5) is 0. The Bertz CT molecular complexity index is 488. The molecule has 4 heteroatoms. The zero-order valence-electron chi connectivity index (χ0n) is 8.80. The SMILES string of the molecule is OC1(c2cnn(-c3ccccc3)c2)CNC1. The Morgan fingerprint density at radius 2 is 2.00 bits per heavy atom. The molecular weight excluding hydrogens is 202 g/mol. The van der Waals surface area contributed by atoms with E-state index in [9.17, 15) is 5.11 Å². The van der Waals surface area contributed by atoms with Crippen LogP contribution in [0.25, 0.3) is 5.69 Å². The van der Waals surface area contributed by atoms with Gasteiger partial charge in [-0.2, -0.15) is 5.10 Å². The third-order valence-corrected chi connectivity index (χ3v) is 2.98. The molecule has 4 nitrogen and oxygen atoms in total. The fraction of sp³-hybridized carbons (Fsp3) is 0.250. The first-order valence-corrected chi connectivity index (χ1v) is 5.32. The van der Waals surface area contributed by atoms with Gasteiger partial charge in [-0.3, -0.25) is 0 Å². The van der Waals surface area contributed by atoms with Gasteiger partial charge in [-0.15, -0.1) is 0 Å². The van der Waals surface area contributed by atoms with Gasteiger partial charge in [0.25, 0.3) is 0 Å². The maximum absolute atomic E-state index is 10.1. The third kappa shape index (κ3) is 1.43. The predicted molar refractivity (Wildman–Crippen MR) is 60.3 cm³/mol. The molecule has 0 amide bonds. The van der Waals surface area contributed by atoms with Crippen molar-refractivity contribution in [1.82, 2.24) is 15.1 Å². The van der Waals surface area contributed by atoms with Gasteiger partial charge in [-0.25, -0.2) is 4.68 Å². The minimum atomic E-state index is -0.729. The standard InChI is InChI=1S/C12H13N3O/c16-12(8-13-9-12)10-6-14-15(7-10)11-4-2-1-3-5-11/h1-7,13,16H,8-9H2. The first kappa shape index (κ1) is 9.57. The summed E-state index contributed by atoms with van der Waals surface area (Å²) >= 11 is 0. The molecule has 1 aliphatic rings. The van der Waals surface area contributed by atoms with Gasteiger partial charge in [0.15, 0.2) is 0 Å². The van der Waals surface area contributed by atoms with Crippen LogP contribution in [0.5, 0.6) is 0 Å². The topological polar surface area (TPSA) is 50.1 Å². The van der Waals surface area contributed by atoms with E-state index in [1.54, 1.807) is 10.9 Å². The Balaban J connectivity index is 1.94. The van der Waals surface area contributed by atoms with Gasteiger partial charge in [0, 0.05) is 24.8 Å². The van der Waals surface area contributed by atoms with E-state index in [1.807, 2.05) is 36.5 Å². The van der Waals surface area contributed by atoms with Gasteiger partial charge in [-0.1, -0.05) is 18.2 Å². The maximum atomic E-state index is 10.1. The average Bonchev–Trinajstić information content (AvgIpc) is 2.77. The monoisotopic (exact) mass is 215 g/mol. The summed E-state index contributed by atoms with van der Waals surface area (Å²) < 4.78 is 1.78. The van der Waals surface area contributed by atoms with Crippen molar-refractivity contribution in [3.8, 4) is 5.69 Å². The van der Waals surface area contributed by atoms with Crippen molar-refractivity contribution in [3.63, 3.8) is 0 Å². The molecule has 2 N–H and O–H groups in total. The number of aromatic nitrogens is 2. The fourth-order valence-electron chi connectivity index (χ4n) is 1.85. The van der Waals surface area contributed by atoms with E-state index in [1.165, 1.54) is 0 Å². The zero-order chi connectivity index (χ0) is 11.0.